The number of aromatic nitrogens is 1. The van der Waals surface area contributed by atoms with E-state index in [0.717, 1.165) is 16.1 Å². The molecule has 29 heavy (non-hydrogen) atoms. The SMILES string of the molecule is CCCS(=O)(=O)N1CCCC(C(=O)Nc2nc(-c3ccccc3)c(C(C)C)s2)C1. The van der Waals surface area contributed by atoms with Gasteiger partial charge in [0.25, 0.3) is 0 Å². The van der Waals surface area contributed by atoms with Crippen LogP contribution in [0, 0.1) is 5.92 Å². The molecular formula is C21H29N3O3S2. The number of carbonyl (C=O) groups excluding carboxylic acids is 1. The van der Waals surface area contributed by atoms with E-state index >= 15 is 0 Å². The summed E-state index contributed by atoms with van der Waals surface area (Å²) in [5.41, 5.74) is 1.93. The molecule has 8 heteroatoms. The number of carbonyl (C=O) groups is 1. The number of benzene rings is 1. The summed E-state index contributed by atoms with van der Waals surface area (Å²) in [5.74, 6) is -0.0730. The van der Waals surface area contributed by atoms with E-state index in [1.165, 1.54) is 15.6 Å². The predicted molar refractivity (Wildman–Crippen MR) is 119 cm³/mol. The third kappa shape index (κ3) is 5.24. The smallest absolute Gasteiger partial charge is 0.230 e. The molecule has 0 radical (unpaired) electrons. The third-order valence-corrected chi connectivity index (χ3v) is 8.38. The van der Waals surface area contributed by atoms with Crippen molar-refractivity contribution in [3.05, 3.63) is 35.2 Å². The first kappa shape index (κ1) is 21.9. The average molecular weight is 436 g/mol. The molecule has 1 N–H and O–H groups in total. The molecule has 3 rings (SSSR count). The van der Waals surface area contributed by atoms with Crippen LogP contribution >= 0.6 is 11.3 Å². The molecular weight excluding hydrogens is 406 g/mol. The van der Waals surface area contributed by atoms with E-state index in [4.69, 9.17) is 0 Å². The van der Waals surface area contributed by atoms with Crippen molar-refractivity contribution >= 4 is 32.4 Å². The molecule has 1 fully saturated rings. The van der Waals surface area contributed by atoms with Crippen LogP contribution in [0.3, 0.4) is 0 Å². The summed E-state index contributed by atoms with van der Waals surface area (Å²) in [4.78, 5) is 18.7. The van der Waals surface area contributed by atoms with Gasteiger partial charge in [0.15, 0.2) is 5.13 Å². The lowest BCUT2D eigenvalue weighted by Crippen LogP contribution is -2.44. The summed E-state index contributed by atoms with van der Waals surface area (Å²) < 4.78 is 26.2. The Hall–Kier alpha value is -1.77. The van der Waals surface area contributed by atoms with Crippen LogP contribution in [-0.2, 0) is 14.8 Å². The fraction of sp³-hybridized carbons (Fsp3) is 0.524. The summed E-state index contributed by atoms with van der Waals surface area (Å²) in [7, 11) is -3.28. The van der Waals surface area contributed by atoms with Gasteiger partial charge in [-0.25, -0.2) is 17.7 Å². The first-order valence-corrected chi connectivity index (χ1v) is 12.6. The number of piperidine rings is 1. The summed E-state index contributed by atoms with van der Waals surface area (Å²) in [5, 5.41) is 3.52. The highest BCUT2D eigenvalue weighted by atomic mass is 32.2. The molecule has 1 amide bonds. The quantitative estimate of drug-likeness (QED) is 0.702. The highest BCUT2D eigenvalue weighted by molar-refractivity contribution is 7.89. The molecule has 0 spiro atoms. The average Bonchev–Trinajstić information content (AvgIpc) is 3.13. The van der Waals surface area contributed by atoms with Gasteiger partial charge in [0.1, 0.15) is 0 Å². The minimum Gasteiger partial charge on any atom is -0.302 e. The molecule has 1 aliphatic rings. The largest absolute Gasteiger partial charge is 0.302 e. The number of rotatable bonds is 7. The molecule has 0 saturated carbocycles. The molecule has 0 aliphatic carbocycles. The third-order valence-electron chi connectivity index (χ3n) is 5.07. The van der Waals surface area contributed by atoms with E-state index < -0.39 is 10.0 Å². The van der Waals surface area contributed by atoms with E-state index in [0.29, 0.717) is 30.9 Å². The lowest BCUT2D eigenvalue weighted by molar-refractivity contribution is -0.120. The van der Waals surface area contributed by atoms with Gasteiger partial charge in [-0.1, -0.05) is 51.1 Å². The number of anilines is 1. The summed E-state index contributed by atoms with van der Waals surface area (Å²) in [6.07, 6.45) is 1.97. The van der Waals surface area contributed by atoms with Gasteiger partial charge in [0.05, 0.1) is 17.4 Å². The highest BCUT2D eigenvalue weighted by Crippen LogP contribution is 2.36. The van der Waals surface area contributed by atoms with Crippen molar-refractivity contribution in [2.45, 2.75) is 46.0 Å². The molecule has 6 nitrogen and oxygen atoms in total. The molecule has 1 saturated heterocycles. The zero-order valence-electron chi connectivity index (χ0n) is 17.2. The second-order valence-electron chi connectivity index (χ2n) is 7.76. The number of hydrogen-bond acceptors (Lipinski definition) is 5. The van der Waals surface area contributed by atoms with E-state index in [2.05, 4.69) is 24.1 Å². The first-order chi connectivity index (χ1) is 13.8. The van der Waals surface area contributed by atoms with Crippen LogP contribution in [0.5, 0.6) is 0 Å². The minimum absolute atomic E-state index is 0.131. The Bertz CT molecular complexity index is 939. The van der Waals surface area contributed by atoms with Crippen LogP contribution in [0.1, 0.15) is 50.8 Å². The van der Waals surface area contributed by atoms with Crippen LogP contribution in [0.15, 0.2) is 30.3 Å². The second-order valence-corrected chi connectivity index (χ2v) is 10.9. The second kappa shape index (κ2) is 9.36. The maximum absolute atomic E-state index is 12.9. The van der Waals surface area contributed by atoms with Crippen LogP contribution in [0.4, 0.5) is 5.13 Å². The Balaban J connectivity index is 1.75. The summed E-state index contributed by atoms with van der Waals surface area (Å²) >= 11 is 1.49. The normalized spacial score (nSPS) is 18.1. The Labute approximate surface area is 177 Å². The van der Waals surface area contributed by atoms with Crippen LogP contribution in [0.25, 0.3) is 11.3 Å². The molecule has 2 aromatic rings. The van der Waals surface area contributed by atoms with Gasteiger partial charge in [-0.15, -0.1) is 11.3 Å². The standard InChI is InChI=1S/C21H29N3O3S2/c1-4-13-29(26,27)24-12-8-11-17(14-24)20(25)23-21-22-18(19(28-21)15(2)3)16-9-6-5-7-10-16/h5-7,9-10,15,17H,4,8,11-14H2,1-3H3,(H,22,23,25). The van der Waals surface area contributed by atoms with Crippen molar-refractivity contribution in [1.82, 2.24) is 9.29 Å². The number of amides is 1. The number of nitrogens with zero attached hydrogens (tertiary/aromatic N) is 2. The van der Waals surface area contributed by atoms with Crippen LogP contribution in [0.2, 0.25) is 0 Å². The van der Waals surface area contributed by atoms with Gasteiger partial charge >= 0.3 is 0 Å². The van der Waals surface area contributed by atoms with Gasteiger partial charge in [-0.2, -0.15) is 0 Å². The molecule has 1 aromatic carbocycles. The lowest BCUT2D eigenvalue weighted by atomic mass is 9.99. The van der Waals surface area contributed by atoms with Gasteiger partial charge in [0, 0.05) is 23.5 Å². The topological polar surface area (TPSA) is 79.4 Å². The van der Waals surface area contributed by atoms with Crippen molar-refractivity contribution in [3.8, 4) is 11.3 Å². The molecule has 2 heterocycles. The zero-order chi connectivity index (χ0) is 21.0. The van der Waals surface area contributed by atoms with Crippen LogP contribution in [-0.4, -0.2) is 42.5 Å². The number of thiazole rings is 1. The monoisotopic (exact) mass is 435 g/mol. The van der Waals surface area contributed by atoms with Crippen molar-refractivity contribution in [2.24, 2.45) is 5.92 Å². The van der Waals surface area contributed by atoms with Crippen LogP contribution < -0.4 is 5.32 Å². The fourth-order valence-electron chi connectivity index (χ4n) is 3.58. The molecule has 1 unspecified atom stereocenters. The first-order valence-electron chi connectivity index (χ1n) is 10.2. The van der Waals surface area contributed by atoms with Crippen molar-refractivity contribution < 1.29 is 13.2 Å². The van der Waals surface area contributed by atoms with E-state index in [1.54, 1.807) is 0 Å². The Morgan fingerprint density at radius 3 is 2.69 bits per heavy atom. The molecule has 1 aromatic heterocycles. The molecule has 1 aliphatic heterocycles. The van der Waals surface area contributed by atoms with Gasteiger partial charge in [-0.3, -0.25) is 4.79 Å². The van der Waals surface area contributed by atoms with Crippen molar-refractivity contribution in [1.29, 1.82) is 0 Å². The van der Waals surface area contributed by atoms with E-state index in [-0.39, 0.29) is 30.0 Å². The Kier molecular flexibility index (Phi) is 7.08. The Morgan fingerprint density at radius 1 is 1.31 bits per heavy atom. The van der Waals surface area contributed by atoms with E-state index in [1.807, 2.05) is 37.3 Å². The maximum atomic E-state index is 12.9. The Morgan fingerprint density at radius 2 is 2.03 bits per heavy atom. The number of nitrogens with one attached hydrogen (secondary N) is 1. The predicted octanol–water partition coefficient (Wildman–Crippen LogP) is 4.32. The minimum atomic E-state index is -3.28. The lowest BCUT2D eigenvalue weighted by Gasteiger charge is -2.30. The molecule has 0 bridgehead atoms. The maximum Gasteiger partial charge on any atom is 0.230 e. The van der Waals surface area contributed by atoms with E-state index in [9.17, 15) is 13.2 Å². The zero-order valence-corrected chi connectivity index (χ0v) is 18.9. The van der Waals surface area contributed by atoms with Gasteiger partial charge < -0.3 is 5.32 Å². The van der Waals surface area contributed by atoms with Crippen molar-refractivity contribution in [3.63, 3.8) is 0 Å². The molecule has 1 atom stereocenters. The summed E-state index contributed by atoms with van der Waals surface area (Å²) in [6.45, 7) is 6.83. The van der Waals surface area contributed by atoms with Crippen molar-refractivity contribution in [2.75, 3.05) is 24.2 Å². The molecule has 158 valence electrons. The number of sulfonamides is 1. The number of hydrogen-bond donors (Lipinski definition) is 1. The summed E-state index contributed by atoms with van der Waals surface area (Å²) in [6, 6.07) is 9.96. The highest BCUT2D eigenvalue weighted by Gasteiger charge is 2.32. The van der Waals surface area contributed by atoms with Gasteiger partial charge in [-0.05, 0) is 25.2 Å². The van der Waals surface area contributed by atoms with Gasteiger partial charge in [0.2, 0.25) is 15.9 Å². The fourth-order valence-corrected chi connectivity index (χ4v) is 6.16.